The van der Waals surface area contributed by atoms with Gasteiger partial charge < -0.3 is 20.1 Å². The number of carbonyl (C=O) groups excluding carboxylic acids is 2. The smallest absolute Gasteiger partial charge is 0.312 e. The Bertz CT molecular complexity index is 1350. The van der Waals surface area contributed by atoms with Crippen LogP contribution in [0.5, 0.6) is 0 Å². The largest absolute Gasteiger partial charge is 0.481 e. The van der Waals surface area contributed by atoms with Crippen LogP contribution in [0, 0.1) is 3.57 Å². The molecule has 3 aromatic carbocycles. The first kappa shape index (κ1) is 31.3. The van der Waals surface area contributed by atoms with E-state index in [0.29, 0.717) is 22.9 Å². The standard InChI is InChI=1S/C31H31Cl2IN2O5/c1-2-3-25(18-35-27(37)17-28(38)39)36-29(20-6-10-22(32)11-7-20)30(21-8-12-23(33)13-9-21)41-26(31(36)40)16-19-4-14-24(34)15-5-19/h4-15,25-26,29-30H,2-3,16-18H2,1H3,(H,35,37)(H,38,39)/t25-,26-,29+,30-/m1/s1. The van der Waals surface area contributed by atoms with E-state index in [2.05, 4.69) is 27.9 Å². The number of halogens is 3. The molecule has 4 rings (SSSR count). The molecule has 3 aromatic rings. The average Bonchev–Trinajstić information content (AvgIpc) is 2.94. The number of carbonyl (C=O) groups is 3. The van der Waals surface area contributed by atoms with Gasteiger partial charge in [-0.1, -0.05) is 72.9 Å². The second kappa shape index (κ2) is 14.5. The van der Waals surface area contributed by atoms with Gasteiger partial charge in [0.1, 0.15) is 18.6 Å². The maximum atomic E-state index is 14.4. The molecule has 0 radical (unpaired) electrons. The van der Waals surface area contributed by atoms with Crippen molar-refractivity contribution in [2.45, 2.75) is 56.9 Å². The summed E-state index contributed by atoms with van der Waals surface area (Å²) >= 11 is 14.7. The van der Waals surface area contributed by atoms with Crippen LogP contribution in [-0.4, -0.2) is 46.5 Å². The lowest BCUT2D eigenvalue weighted by molar-refractivity contribution is -0.179. The van der Waals surface area contributed by atoms with E-state index in [1.807, 2.05) is 60.4 Å². The fourth-order valence-electron chi connectivity index (χ4n) is 5.15. The maximum absolute atomic E-state index is 14.4. The molecule has 0 aromatic heterocycles. The number of ether oxygens (including phenoxy) is 1. The Kier molecular flexibility index (Phi) is 11.1. The Labute approximate surface area is 263 Å². The monoisotopic (exact) mass is 708 g/mol. The van der Waals surface area contributed by atoms with Gasteiger partial charge in [0.15, 0.2) is 0 Å². The summed E-state index contributed by atoms with van der Waals surface area (Å²) in [7, 11) is 0. The van der Waals surface area contributed by atoms with Crippen molar-refractivity contribution in [3.05, 3.63) is 103 Å². The van der Waals surface area contributed by atoms with Gasteiger partial charge in [0.2, 0.25) is 5.91 Å². The van der Waals surface area contributed by atoms with E-state index in [1.54, 1.807) is 24.3 Å². The predicted octanol–water partition coefficient (Wildman–Crippen LogP) is 6.61. The fourth-order valence-corrected chi connectivity index (χ4v) is 5.76. The van der Waals surface area contributed by atoms with Gasteiger partial charge in [0, 0.05) is 32.6 Å². The first-order valence-corrected chi connectivity index (χ1v) is 15.2. The van der Waals surface area contributed by atoms with Crippen LogP contribution in [-0.2, 0) is 25.5 Å². The first-order chi connectivity index (χ1) is 19.7. The normalized spacial score (nSPS) is 19.6. The van der Waals surface area contributed by atoms with Crippen LogP contribution < -0.4 is 5.32 Å². The molecule has 0 saturated carbocycles. The molecule has 1 saturated heterocycles. The number of benzene rings is 3. The van der Waals surface area contributed by atoms with Gasteiger partial charge in [0.25, 0.3) is 5.91 Å². The lowest BCUT2D eigenvalue weighted by Crippen LogP contribution is -2.57. The fraction of sp³-hybridized carbons (Fsp3) is 0.323. The van der Waals surface area contributed by atoms with E-state index in [1.165, 1.54) is 0 Å². The van der Waals surface area contributed by atoms with E-state index < -0.39 is 42.6 Å². The van der Waals surface area contributed by atoms with Crippen LogP contribution in [0.3, 0.4) is 0 Å². The van der Waals surface area contributed by atoms with Crippen LogP contribution in [0.4, 0.5) is 0 Å². The molecule has 2 amide bonds. The summed E-state index contributed by atoms with van der Waals surface area (Å²) in [6.07, 6.45) is -0.271. The van der Waals surface area contributed by atoms with Crippen LogP contribution in [0.1, 0.15) is 55.0 Å². The van der Waals surface area contributed by atoms with Crippen molar-refractivity contribution >= 4 is 63.6 Å². The summed E-state index contributed by atoms with van der Waals surface area (Å²) in [5.41, 5.74) is 2.64. The number of aliphatic carboxylic acids is 1. The van der Waals surface area contributed by atoms with Crippen molar-refractivity contribution in [2.24, 2.45) is 0 Å². The lowest BCUT2D eigenvalue weighted by atomic mass is 9.88. The zero-order valence-electron chi connectivity index (χ0n) is 22.4. The van der Waals surface area contributed by atoms with Gasteiger partial charge in [-0.3, -0.25) is 14.4 Å². The minimum absolute atomic E-state index is 0.110. The summed E-state index contributed by atoms with van der Waals surface area (Å²) in [6.45, 7) is 2.12. The third-order valence-corrected chi connectivity index (χ3v) is 8.26. The zero-order valence-corrected chi connectivity index (χ0v) is 26.1. The topological polar surface area (TPSA) is 95.9 Å². The number of rotatable bonds is 11. The highest BCUT2D eigenvalue weighted by molar-refractivity contribution is 14.1. The van der Waals surface area contributed by atoms with Gasteiger partial charge >= 0.3 is 5.97 Å². The molecule has 1 heterocycles. The highest BCUT2D eigenvalue weighted by atomic mass is 127. The van der Waals surface area contributed by atoms with E-state index >= 15 is 0 Å². The van der Waals surface area contributed by atoms with E-state index in [4.69, 9.17) is 33.0 Å². The molecule has 0 spiro atoms. The highest BCUT2D eigenvalue weighted by Crippen LogP contribution is 2.44. The minimum atomic E-state index is -1.21. The van der Waals surface area contributed by atoms with Crippen LogP contribution in [0.2, 0.25) is 10.0 Å². The number of nitrogens with one attached hydrogen (secondary N) is 1. The van der Waals surface area contributed by atoms with Gasteiger partial charge in [-0.05, 0) is 82.1 Å². The Balaban J connectivity index is 1.79. The summed E-state index contributed by atoms with van der Waals surface area (Å²) in [5.74, 6) is -2.01. The maximum Gasteiger partial charge on any atom is 0.312 e. The third kappa shape index (κ3) is 8.22. The molecular formula is C31H31Cl2IN2O5. The molecule has 1 fully saturated rings. The summed E-state index contributed by atoms with van der Waals surface area (Å²) < 4.78 is 7.75. The van der Waals surface area contributed by atoms with Crippen molar-refractivity contribution in [1.29, 1.82) is 0 Å². The first-order valence-electron chi connectivity index (χ1n) is 13.4. The van der Waals surface area contributed by atoms with Gasteiger partial charge in [-0.25, -0.2) is 0 Å². The molecule has 7 nitrogen and oxygen atoms in total. The number of hydrogen-bond donors (Lipinski definition) is 2. The molecule has 41 heavy (non-hydrogen) atoms. The summed E-state index contributed by atoms with van der Waals surface area (Å²) in [5, 5.41) is 13.0. The summed E-state index contributed by atoms with van der Waals surface area (Å²) in [4.78, 5) is 39.6. The molecule has 1 aliphatic heterocycles. The second-order valence-corrected chi connectivity index (χ2v) is 12.1. The number of amides is 2. The second-order valence-electron chi connectivity index (χ2n) is 9.99. The van der Waals surface area contributed by atoms with Crippen molar-refractivity contribution in [1.82, 2.24) is 10.2 Å². The SMILES string of the molecule is CCC[C@H](CNC(=O)CC(=O)O)N1C(=O)[C@@H](Cc2ccc(I)cc2)O[C@H](c2ccc(Cl)cc2)[C@@H]1c1ccc(Cl)cc1. The molecule has 216 valence electrons. The minimum Gasteiger partial charge on any atom is -0.481 e. The third-order valence-electron chi connectivity index (χ3n) is 7.03. The Morgan fingerprint density at radius 2 is 1.56 bits per heavy atom. The molecule has 10 heteroatoms. The van der Waals surface area contributed by atoms with Crippen LogP contribution in [0.25, 0.3) is 0 Å². The number of morpholine rings is 1. The molecular weight excluding hydrogens is 678 g/mol. The van der Waals surface area contributed by atoms with E-state index in [-0.39, 0.29) is 12.5 Å². The zero-order chi connectivity index (χ0) is 29.5. The van der Waals surface area contributed by atoms with E-state index in [9.17, 15) is 14.4 Å². The molecule has 4 atom stereocenters. The van der Waals surface area contributed by atoms with Gasteiger partial charge in [0.05, 0.1) is 6.04 Å². The molecule has 0 aliphatic carbocycles. The van der Waals surface area contributed by atoms with Crippen LogP contribution >= 0.6 is 45.8 Å². The number of hydrogen-bond acceptors (Lipinski definition) is 4. The van der Waals surface area contributed by atoms with E-state index in [0.717, 1.165) is 26.7 Å². The predicted molar refractivity (Wildman–Crippen MR) is 167 cm³/mol. The van der Waals surface area contributed by atoms with Crippen molar-refractivity contribution < 1.29 is 24.2 Å². The molecule has 0 bridgehead atoms. The average molecular weight is 709 g/mol. The Morgan fingerprint density at radius 1 is 0.976 bits per heavy atom. The lowest BCUT2D eigenvalue weighted by Gasteiger charge is -2.48. The number of carboxylic acids is 1. The summed E-state index contributed by atoms with van der Waals surface area (Å²) in [6, 6.07) is 21.7. The number of nitrogens with zero attached hydrogens (tertiary/aromatic N) is 1. The van der Waals surface area contributed by atoms with Crippen molar-refractivity contribution in [3.63, 3.8) is 0 Å². The molecule has 1 aliphatic rings. The highest BCUT2D eigenvalue weighted by Gasteiger charge is 2.46. The number of carboxylic acid groups (broad SMARTS) is 1. The Morgan fingerprint density at radius 3 is 2.12 bits per heavy atom. The van der Waals surface area contributed by atoms with Crippen molar-refractivity contribution in [3.8, 4) is 0 Å². The quantitative estimate of drug-likeness (QED) is 0.173. The van der Waals surface area contributed by atoms with Gasteiger partial charge in [-0.2, -0.15) is 0 Å². The van der Waals surface area contributed by atoms with Gasteiger partial charge in [-0.15, -0.1) is 0 Å². The molecule has 2 N–H and O–H groups in total. The van der Waals surface area contributed by atoms with Crippen LogP contribution in [0.15, 0.2) is 72.8 Å². The molecule has 0 unspecified atom stereocenters. The Hall–Kier alpha value is -2.66. The van der Waals surface area contributed by atoms with Crippen molar-refractivity contribution in [2.75, 3.05) is 6.54 Å².